The molecule has 0 aliphatic carbocycles. The largest absolute Gasteiger partial charge is 0.360 e. The van der Waals surface area contributed by atoms with Gasteiger partial charge >= 0.3 is 0 Å². The van der Waals surface area contributed by atoms with Crippen LogP contribution >= 0.6 is 0 Å². The summed E-state index contributed by atoms with van der Waals surface area (Å²) < 4.78 is 5.31. The molecule has 1 aliphatic heterocycles. The lowest BCUT2D eigenvalue weighted by Crippen LogP contribution is -2.46. The molecule has 1 aliphatic rings. The molecule has 0 bridgehead atoms. The van der Waals surface area contributed by atoms with E-state index in [2.05, 4.69) is 32.2 Å². The first-order valence-corrected chi connectivity index (χ1v) is 7.37. The minimum absolute atomic E-state index is 0.492. The predicted molar refractivity (Wildman–Crippen MR) is 80.0 cm³/mol. The van der Waals surface area contributed by atoms with Crippen LogP contribution in [0.15, 0.2) is 28.9 Å². The van der Waals surface area contributed by atoms with Crippen molar-refractivity contribution >= 4 is 5.82 Å². The van der Waals surface area contributed by atoms with Crippen LogP contribution in [0.2, 0.25) is 0 Å². The maximum Gasteiger partial charge on any atom is 0.151 e. The zero-order valence-corrected chi connectivity index (χ0v) is 12.6. The molecule has 112 valence electrons. The highest BCUT2D eigenvalue weighted by Crippen LogP contribution is 2.20. The Hall–Kier alpha value is -1.95. The van der Waals surface area contributed by atoms with E-state index in [1.54, 1.807) is 6.20 Å². The Morgan fingerprint density at radius 2 is 2.38 bits per heavy atom. The Morgan fingerprint density at radius 1 is 1.48 bits per heavy atom. The van der Waals surface area contributed by atoms with Gasteiger partial charge in [0.2, 0.25) is 0 Å². The SMILES string of the molecule is Cc1cc(CN(C)C2CCCN(c3cccnn3)C2)on1. The third-order valence-corrected chi connectivity index (χ3v) is 3.98. The maximum absolute atomic E-state index is 5.31. The van der Waals surface area contributed by atoms with Crippen LogP contribution in [0, 0.1) is 6.92 Å². The average molecular weight is 287 g/mol. The molecule has 3 heterocycles. The number of piperidine rings is 1. The summed E-state index contributed by atoms with van der Waals surface area (Å²) in [4.78, 5) is 4.64. The molecule has 3 rings (SSSR count). The molecule has 2 aromatic rings. The fraction of sp³-hybridized carbons (Fsp3) is 0.533. The van der Waals surface area contributed by atoms with Gasteiger partial charge in [-0.15, -0.1) is 5.10 Å². The van der Waals surface area contributed by atoms with E-state index in [0.29, 0.717) is 6.04 Å². The van der Waals surface area contributed by atoms with Crippen molar-refractivity contribution in [3.05, 3.63) is 35.9 Å². The quantitative estimate of drug-likeness (QED) is 0.855. The summed E-state index contributed by atoms with van der Waals surface area (Å²) in [6.45, 7) is 4.76. The molecule has 0 radical (unpaired) electrons. The first-order valence-electron chi connectivity index (χ1n) is 7.37. The van der Waals surface area contributed by atoms with Crippen LogP contribution in [-0.4, -0.2) is 46.4 Å². The molecule has 1 saturated heterocycles. The standard InChI is InChI=1S/C15H21N5O/c1-12-9-14(21-18-12)11-19(2)13-5-4-8-20(10-13)15-6-3-7-16-17-15/h3,6-7,9,13H,4-5,8,10-11H2,1-2H3. The van der Waals surface area contributed by atoms with Crippen molar-refractivity contribution in [3.63, 3.8) is 0 Å². The topological polar surface area (TPSA) is 58.3 Å². The molecule has 1 fully saturated rings. The van der Waals surface area contributed by atoms with Crippen molar-refractivity contribution in [1.29, 1.82) is 0 Å². The molecule has 1 atom stereocenters. The Kier molecular flexibility index (Phi) is 4.15. The third-order valence-electron chi connectivity index (χ3n) is 3.98. The number of hydrogen-bond acceptors (Lipinski definition) is 6. The Balaban J connectivity index is 1.62. The van der Waals surface area contributed by atoms with Gasteiger partial charge in [-0.2, -0.15) is 5.10 Å². The molecule has 0 amide bonds. The molecule has 6 heteroatoms. The fourth-order valence-electron chi connectivity index (χ4n) is 2.85. The molecule has 0 saturated carbocycles. The minimum atomic E-state index is 0.492. The fourth-order valence-corrected chi connectivity index (χ4v) is 2.85. The second kappa shape index (κ2) is 6.22. The van der Waals surface area contributed by atoms with Gasteiger partial charge in [0.1, 0.15) is 0 Å². The minimum Gasteiger partial charge on any atom is -0.360 e. The van der Waals surface area contributed by atoms with E-state index in [-0.39, 0.29) is 0 Å². The van der Waals surface area contributed by atoms with Crippen molar-refractivity contribution in [3.8, 4) is 0 Å². The Bertz CT molecular complexity index is 570. The van der Waals surface area contributed by atoms with Gasteiger partial charge in [-0.1, -0.05) is 5.16 Å². The number of likely N-dealkylation sites (N-methyl/N-ethyl adjacent to an activating group) is 1. The second-order valence-electron chi connectivity index (χ2n) is 5.67. The molecular formula is C15H21N5O. The Labute approximate surface area is 124 Å². The van der Waals surface area contributed by atoms with Crippen molar-refractivity contribution < 1.29 is 4.52 Å². The summed E-state index contributed by atoms with van der Waals surface area (Å²) in [6, 6.07) is 6.45. The van der Waals surface area contributed by atoms with Crippen molar-refractivity contribution in [1.82, 2.24) is 20.3 Å². The average Bonchev–Trinajstić information content (AvgIpc) is 2.93. The zero-order valence-electron chi connectivity index (χ0n) is 12.6. The van der Waals surface area contributed by atoms with Gasteiger partial charge < -0.3 is 9.42 Å². The number of anilines is 1. The molecule has 1 unspecified atom stereocenters. The highest BCUT2D eigenvalue weighted by molar-refractivity contribution is 5.37. The van der Waals surface area contributed by atoms with E-state index in [9.17, 15) is 0 Å². The monoisotopic (exact) mass is 287 g/mol. The van der Waals surface area contributed by atoms with Gasteiger partial charge in [-0.05, 0) is 38.9 Å². The van der Waals surface area contributed by atoms with E-state index in [1.807, 2.05) is 25.1 Å². The molecule has 6 nitrogen and oxygen atoms in total. The summed E-state index contributed by atoms with van der Waals surface area (Å²) in [5, 5.41) is 12.1. The highest BCUT2D eigenvalue weighted by Gasteiger charge is 2.24. The molecule has 2 aromatic heterocycles. The van der Waals surface area contributed by atoms with E-state index < -0.39 is 0 Å². The lowest BCUT2D eigenvalue weighted by atomic mass is 10.0. The van der Waals surface area contributed by atoms with Crippen molar-refractivity contribution in [2.75, 3.05) is 25.0 Å². The molecule has 0 N–H and O–H groups in total. The first kappa shape index (κ1) is 14.0. The van der Waals surface area contributed by atoms with E-state index in [1.165, 1.54) is 12.8 Å². The van der Waals surface area contributed by atoms with Crippen LogP contribution in [-0.2, 0) is 6.54 Å². The van der Waals surface area contributed by atoms with Gasteiger partial charge in [0, 0.05) is 31.4 Å². The second-order valence-corrected chi connectivity index (χ2v) is 5.67. The molecule has 0 spiro atoms. The van der Waals surface area contributed by atoms with Gasteiger partial charge in [-0.25, -0.2) is 0 Å². The van der Waals surface area contributed by atoms with Gasteiger partial charge in [-0.3, -0.25) is 4.90 Å². The summed E-state index contributed by atoms with van der Waals surface area (Å²) in [5.41, 5.74) is 0.934. The van der Waals surface area contributed by atoms with E-state index in [4.69, 9.17) is 4.52 Å². The summed E-state index contributed by atoms with van der Waals surface area (Å²) >= 11 is 0. The van der Waals surface area contributed by atoms with Crippen LogP contribution < -0.4 is 4.90 Å². The lowest BCUT2D eigenvalue weighted by molar-refractivity contribution is 0.186. The van der Waals surface area contributed by atoms with Gasteiger partial charge in [0.25, 0.3) is 0 Å². The lowest BCUT2D eigenvalue weighted by Gasteiger charge is -2.37. The van der Waals surface area contributed by atoms with Crippen molar-refractivity contribution in [2.45, 2.75) is 32.4 Å². The van der Waals surface area contributed by atoms with E-state index >= 15 is 0 Å². The van der Waals surface area contributed by atoms with Crippen LogP contribution in [0.5, 0.6) is 0 Å². The highest BCUT2D eigenvalue weighted by atomic mass is 16.5. The number of aryl methyl sites for hydroxylation is 1. The smallest absolute Gasteiger partial charge is 0.151 e. The van der Waals surface area contributed by atoms with Crippen LogP contribution in [0.25, 0.3) is 0 Å². The number of nitrogens with zero attached hydrogens (tertiary/aromatic N) is 5. The maximum atomic E-state index is 5.31. The molecule has 0 aromatic carbocycles. The Morgan fingerprint density at radius 3 is 3.10 bits per heavy atom. The zero-order chi connectivity index (χ0) is 14.7. The van der Waals surface area contributed by atoms with Gasteiger partial charge in [0.05, 0.1) is 12.2 Å². The summed E-state index contributed by atoms with van der Waals surface area (Å²) in [5.74, 6) is 1.89. The number of aromatic nitrogens is 3. The number of hydrogen-bond donors (Lipinski definition) is 0. The van der Waals surface area contributed by atoms with Gasteiger partial charge in [0.15, 0.2) is 11.6 Å². The summed E-state index contributed by atoms with van der Waals surface area (Å²) in [6.07, 6.45) is 4.07. The normalized spacial score (nSPS) is 19.2. The van der Waals surface area contributed by atoms with Crippen LogP contribution in [0.1, 0.15) is 24.3 Å². The van der Waals surface area contributed by atoms with Crippen molar-refractivity contribution in [2.24, 2.45) is 0 Å². The van der Waals surface area contributed by atoms with Crippen LogP contribution in [0.3, 0.4) is 0 Å². The van der Waals surface area contributed by atoms with Crippen LogP contribution in [0.4, 0.5) is 5.82 Å². The molecular weight excluding hydrogens is 266 g/mol. The number of rotatable bonds is 4. The third kappa shape index (κ3) is 3.39. The first-order chi connectivity index (χ1) is 10.2. The van der Waals surface area contributed by atoms with E-state index in [0.717, 1.165) is 36.9 Å². The molecule has 21 heavy (non-hydrogen) atoms. The predicted octanol–water partition coefficient (Wildman–Crippen LogP) is 1.87. The summed E-state index contributed by atoms with van der Waals surface area (Å²) in [7, 11) is 2.14.